The quantitative estimate of drug-likeness (QED) is 0.578. The first-order valence-corrected chi connectivity index (χ1v) is 9.53. The van der Waals surface area contributed by atoms with Crippen molar-refractivity contribution in [3.8, 4) is 11.3 Å². The zero-order chi connectivity index (χ0) is 21.0. The molecule has 0 fully saturated rings. The van der Waals surface area contributed by atoms with Crippen LogP contribution in [0.4, 0.5) is 0 Å². The van der Waals surface area contributed by atoms with E-state index >= 15 is 0 Å². The third kappa shape index (κ3) is 4.19. The lowest BCUT2D eigenvalue weighted by Gasteiger charge is -2.20. The molecule has 5 nitrogen and oxygen atoms in total. The van der Waals surface area contributed by atoms with E-state index in [-0.39, 0.29) is 18.0 Å². The van der Waals surface area contributed by atoms with Crippen molar-refractivity contribution in [2.24, 2.45) is 0 Å². The maximum absolute atomic E-state index is 13.0. The van der Waals surface area contributed by atoms with Gasteiger partial charge in [-0.1, -0.05) is 48.0 Å². The van der Waals surface area contributed by atoms with Crippen molar-refractivity contribution >= 4 is 16.7 Å². The molecule has 1 amide bonds. The number of hydrogen-bond acceptors (Lipinski definition) is 3. The molecule has 2 aromatic carbocycles. The van der Waals surface area contributed by atoms with Gasteiger partial charge in [-0.25, -0.2) is 4.68 Å². The van der Waals surface area contributed by atoms with Gasteiger partial charge in [0.1, 0.15) is 6.54 Å². The smallest absolute Gasteiger partial charge is 0.275 e. The summed E-state index contributed by atoms with van der Waals surface area (Å²) in [5, 5.41) is 5.95. The van der Waals surface area contributed by atoms with Gasteiger partial charge < -0.3 is 4.90 Å². The molecular weight excluding hydrogens is 362 g/mol. The Balaban J connectivity index is 2.16. The van der Waals surface area contributed by atoms with Crippen LogP contribution in [0.1, 0.15) is 11.1 Å². The molecule has 3 rings (SSSR count). The van der Waals surface area contributed by atoms with E-state index in [9.17, 15) is 9.59 Å². The summed E-state index contributed by atoms with van der Waals surface area (Å²) in [6, 6.07) is 13.5. The number of aromatic nitrogens is 2. The number of nitrogens with zero attached hydrogens (tertiary/aromatic N) is 3. The largest absolute Gasteiger partial charge is 0.334 e. The summed E-state index contributed by atoms with van der Waals surface area (Å²) < 4.78 is 1.26. The van der Waals surface area contributed by atoms with E-state index in [1.165, 1.54) is 4.68 Å². The molecule has 0 unspecified atom stereocenters. The molecule has 0 saturated carbocycles. The summed E-state index contributed by atoms with van der Waals surface area (Å²) in [4.78, 5) is 27.4. The van der Waals surface area contributed by atoms with Crippen LogP contribution < -0.4 is 5.56 Å². The fourth-order valence-electron chi connectivity index (χ4n) is 3.35. The van der Waals surface area contributed by atoms with E-state index in [1.807, 2.05) is 44.2 Å². The van der Waals surface area contributed by atoms with Crippen molar-refractivity contribution in [1.29, 1.82) is 0 Å². The Morgan fingerprint density at radius 1 is 1.07 bits per heavy atom. The van der Waals surface area contributed by atoms with E-state index in [0.717, 1.165) is 22.1 Å². The SMILES string of the molecule is C=CCN(CC=C)C(=O)Cn1nc(-c2cc(C)ccc2C)c2ccccc2c1=O. The molecule has 0 aliphatic carbocycles. The topological polar surface area (TPSA) is 55.2 Å². The predicted molar refractivity (Wildman–Crippen MR) is 118 cm³/mol. The zero-order valence-electron chi connectivity index (χ0n) is 16.9. The fourth-order valence-corrected chi connectivity index (χ4v) is 3.35. The number of aryl methyl sites for hydroxylation is 2. The van der Waals surface area contributed by atoms with Crippen molar-refractivity contribution < 1.29 is 4.79 Å². The minimum absolute atomic E-state index is 0.136. The van der Waals surface area contributed by atoms with Gasteiger partial charge in [-0.2, -0.15) is 5.10 Å². The fraction of sp³-hybridized carbons (Fsp3) is 0.208. The molecule has 1 heterocycles. The van der Waals surface area contributed by atoms with E-state index in [4.69, 9.17) is 0 Å². The first-order chi connectivity index (χ1) is 14.0. The minimum Gasteiger partial charge on any atom is -0.334 e. The van der Waals surface area contributed by atoms with Crippen LogP contribution in [0.15, 0.2) is 72.6 Å². The first-order valence-electron chi connectivity index (χ1n) is 9.53. The van der Waals surface area contributed by atoms with Crippen molar-refractivity contribution in [2.45, 2.75) is 20.4 Å². The molecule has 1 aromatic heterocycles. The molecule has 148 valence electrons. The summed E-state index contributed by atoms with van der Waals surface area (Å²) in [5.74, 6) is -0.207. The average Bonchev–Trinajstić information content (AvgIpc) is 2.72. The Bertz CT molecular complexity index is 1130. The zero-order valence-corrected chi connectivity index (χ0v) is 16.9. The lowest BCUT2D eigenvalue weighted by molar-refractivity contribution is -0.131. The number of carbonyl (C=O) groups excluding carboxylic acids is 1. The number of carbonyl (C=O) groups is 1. The molecule has 0 radical (unpaired) electrons. The predicted octanol–water partition coefficient (Wildman–Crippen LogP) is 3.88. The molecule has 0 aliphatic heterocycles. The minimum atomic E-state index is -0.278. The summed E-state index contributed by atoms with van der Waals surface area (Å²) in [7, 11) is 0. The van der Waals surface area contributed by atoms with Crippen LogP contribution in [-0.4, -0.2) is 33.7 Å². The number of benzene rings is 2. The molecule has 0 atom stereocenters. The van der Waals surface area contributed by atoms with Gasteiger partial charge in [0.05, 0.1) is 11.1 Å². The Kier molecular flexibility index (Phi) is 6.07. The second-order valence-electron chi connectivity index (χ2n) is 7.05. The lowest BCUT2D eigenvalue weighted by Crippen LogP contribution is -2.37. The number of hydrogen-bond donors (Lipinski definition) is 0. The van der Waals surface area contributed by atoms with E-state index in [0.29, 0.717) is 24.2 Å². The van der Waals surface area contributed by atoms with Gasteiger partial charge in [-0.05, 0) is 31.5 Å². The standard InChI is InChI=1S/C24H25N3O2/c1-5-13-26(14-6-2)22(28)16-27-24(29)20-10-8-7-9-19(20)23(25-27)21-15-17(3)11-12-18(21)4/h5-12,15H,1-2,13-14,16H2,3-4H3. The summed E-state index contributed by atoms with van der Waals surface area (Å²) in [5.41, 5.74) is 3.54. The van der Waals surface area contributed by atoms with Crippen LogP contribution in [0.3, 0.4) is 0 Å². The van der Waals surface area contributed by atoms with Gasteiger partial charge in [-0.15, -0.1) is 13.2 Å². The van der Waals surface area contributed by atoms with Gasteiger partial charge in [-0.3, -0.25) is 9.59 Å². The van der Waals surface area contributed by atoms with Crippen LogP contribution in [-0.2, 0) is 11.3 Å². The van der Waals surface area contributed by atoms with Crippen molar-refractivity contribution in [3.05, 3.63) is 89.3 Å². The highest BCUT2D eigenvalue weighted by Gasteiger charge is 2.18. The van der Waals surface area contributed by atoms with E-state index in [1.54, 1.807) is 23.1 Å². The molecule has 5 heteroatoms. The second kappa shape index (κ2) is 8.69. The van der Waals surface area contributed by atoms with Gasteiger partial charge in [0.15, 0.2) is 0 Å². The van der Waals surface area contributed by atoms with Gasteiger partial charge >= 0.3 is 0 Å². The van der Waals surface area contributed by atoms with Crippen molar-refractivity contribution in [1.82, 2.24) is 14.7 Å². The Hall–Kier alpha value is -3.47. The lowest BCUT2D eigenvalue weighted by atomic mass is 9.99. The highest BCUT2D eigenvalue weighted by molar-refractivity contribution is 5.94. The van der Waals surface area contributed by atoms with E-state index < -0.39 is 0 Å². The average molecular weight is 387 g/mol. The first kappa shape index (κ1) is 20.3. The second-order valence-corrected chi connectivity index (χ2v) is 7.05. The molecule has 0 saturated heterocycles. The molecule has 0 bridgehead atoms. The van der Waals surface area contributed by atoms with Gasteiger partial charge in [0, 0.05) is 24.0 Å². The van der Waals surface area contributed by atoms with Crippen LogP contribution >= 0.6 is 0 Å². The number of fused-ring (bicyclic) bond motifs is 1. The van der Waals surface area contributed by atoms with Crippen LogP contribution in [0.5, 0.6) is 0 Å². The maximum atomic E-state index is 13.0. The number of rotatable bonds is 7. The normalized spacial score (nSPS) is 10.7. The summed E-state index contributed by atoms with van der Waals surface area (Å²) in [6.45, 7) is 12.1. The third-order valence-electron chi connectivity index (χ3n) is 4.85. The molecule has 0 spiro atoms. The maximum Gasteiger partial charge on any atom is 0.275 e. The van der Waals surface area contributed by atoms with Crippen LogP contribution in [0.2, 0.25) is 0 Å². The van der Waals surface area contributed by atoms with Crippen molar-refractivity contribution in [3.63, 3.8) is 0 Å². The van der Waals surface area contributed by atoms with Crippen LogP contribution in [0, 0.1) is 13.8 Å². The van der Waals surface area contributed by atoms with Crippen molar-refractivity contribution in [2.75, 3.05) is 13.1 Å². The molecule has 3 aromatic rings. The Morgan fingerprint density at radius 2 is 1.72 bits per heavy atom. The van der Waals surface area contributed by atoms with Gasteiger partial charge in [0.2, 0.25) is 5.91 Å². The Labute approximate surface area is 170 Å². The van der Waals surface area contributed by atoms with Gasteiger partial charge in [0.25, 0.3) is 5.56 Å². The highest BCUT2D eigenvalue weighted by atomic mass is 16.2. The highest BCUT2D eigenvalue weighted by Crippen LogP contribution is 2.28. The number of amides is 1. The molecule has 0 N–H and O–H groups in total. The third-order valence-corrected chi connectivity index (χ3v) is 4.85. The molecule has 29 heavy (non-hydrogen) atoms. The summed E-state index contributed by atoms with van der Waals surface area (Å²) in [6.07, 6.45) is 3.30. The molecular formula is C24H25N3O2. The summed E-state index contributed by atoms with van der Waals surface area (Å²) >= 11 is 0. The molecule has 0 aliphatic rings. The Morgan fingerprint density at radius 3 is 2.38 bits per heavy atom. The monoisotopic (exact) mass is 387 g/mol. The van der Waals surface area contributed by atoms with Crippen LogP contribution in [0.25, 0.3) is 22.0 Å². The van der Waals surface area contributed by atoms with E-state index in [2.05, 4.69) is 24.3 Å².